The van der Waals surface area contributed by atoms with Gasteiger partial charge in [0.05, 0.1) is 21.9 Å². The predicted molar refractivity (Wildman–Crippen MR) is 70.0 cm³/mol. The largest absolute Gasteiger partial charge is 0.248 e. The molecule has 2 heterocycles. The minimum Gasteiger partial charge on any atom is -0.248 e. The average molecular weight is 321 g/mol. The van der Waals surface area contributed by atoms with Crippen LogP contribution in [0, 0.1) is 0 Å². The van der Waals surface area contributed by atoms with Gasteiger partial charge in [-0.1, -0.05) is 12.1 Å². The van der Waals surface area contributed by atoms with Crippen molar-refractivity contribution in [3.05, 3.63) is 32.7 Å². The lowest BCUT2D eigenvalue weighted by Gasteiger charge is -1.99. The maximum Gasteiger partial charge on any atom is 0.101 e. The van der Waals surface area contributed by atoms with Crippen molar-refractivity contribution in [3.8, 4) is 0 Å². The van der Waals surface area contributed by atoms with Gasteiger partial charge in [-0.25, -0.2) is 4.68 Å². The van der Waals surface area contributed by atoms with Crippen LogP contribution < -0.4 is 0 Å². The molecule has 6 heteroatoms. The van der Waals surface area contributed by atoms with Gasteiger partial charge < -0.3 is 0 Å². The summed E-state index contributed by atoms with van der Waals surface area (Å²) in [4.78, 5) is 0. The van der Waals surface area contributed by atoms with E-state index >= 15 is 0 Å². The molecule has 0 amide bonds. The second-order valence-corrected chi connectivity index (χ2v) is 6.29. The van der Waals surface area contributed by atoms with E-state index in [4.69, 9.17) is 11.6 Å². The minimum absolute atomic E-state index is 0.0389. The third-order valence-corrected chi connectivity index (χ3v) is 4.29. The molecule has 0 aliphatic heterocycles. The van der Waals surface area contributed by atoms with E-state index in [1.54, 1.807) is 11.3 Å². The maximum atomic E-state index is 6.09. The highest BCUT2D eigenvalue weighted by atomic mass is 79.9. The van der Waals surface area contributed by atoms with Gasteiger partial charge in [-0.05, 0) is 39.4 Å². The van der Waals surface area contributed by atoms with Gasteiger partial charge >= 0.3 is 0 Å². The van der Waals surface area contributed by atoms with Gasteiger partial charge in [-0.2, -0.15) is 0 Å². The van der Waals surface area contributed by atoms with Crippen LogP contribution in [0.3, 0.4) is 0 Å². The highest BCUT2D eigenvalue weighted by molar-refractivity contribution is 9.11. The number of alkyl halides is 1. The van der Waals surface area contributed by atoms with Gasteiger partial charge in [-0.15, -0.1) is 28.0 Å². The predicted octanol–water partition coefficient (Wildman–Crippen LogP) is 3.84. The first-order chi connectivity index (χ1) is 7.69. The maximum absolute atomic E-state index is 6.09. The summed E-state index contributed by atoms with van der Waals surface area (Å²) in [7, 11) is 0. The highest BCUT2D eigenvalue weighted by Gasteiger charge is 2.10. The molecule has 0 saturated heterocycles. The molecule has 1 unspecified atom stereocenters. The van der Waals surface area contributed by atoms with E-state index in [1.165, 1.54) is 5.56 Å². The lowest BCUT2D eigenvalue weighted by Crippen LogP contribution is -1.98. The third kappa shape index (κ3) is 2.84. The Labute approximate surface area is 112 Å². The molecule has 16 heavy (non-hydrogen) atoms. The van der Waals surface area contributed by atoms with Gasteiger partial charge in [0.2, 0.25) is 0 Å². The van der Waals surface area contributed by atoms with E-state index < -0.39 is 0 Å². The van der Waals surface area contributed by atoms with Crippen LogP contribution in [0.25, 0.3) is 0 Å². The van der Waals surface area contributed by atoms with Crippen molar-refractivity contribution in [3.63, 3.8) is 0 Å². The molecule has 0 radical (unpaired) electrons. The zero-order valence-electron chi connectivity index (χ0n) is 8.73. The first-order valence-electron chi connectivity index (χ1n) is 4.96. The summed E-state index contributed by atoms with van der Waals surface area (Å²) < 4.78 is 2.95. The van der Waals surface area contributed by atoms with E-state index in [1.807, 2.05) is 17.8 Å². The number of aromatic nitrogens is 3. The summed E-state index contributed by atoms with van der Waals surface area (Å²) in [5.41, 5.74) is 2.06. The molecule has 2 rings (SSSR count). The Morgan fingerprint density at radius 2 is 2.44 bits per heavy atom. The Kier molecular flexibility index (Phi) is 4.00. The summed E-state index contributed by atoms with van der Waals surface area (Å²) in [5, 5.41) is 10.2. The van der Waals surface area contributed by atoms with Gasteiger partial charge in [0.1, 0.15) is 5.69 Å². The van der Waals surface area contributed by atoms with Crippen molar-refractivity contribution in [1.82, 2.24) is 15.0 Å². The second-order valence-electron chi connectivity index (χ2n) is 3.48. The number of hydrogen-bond donors (Lipinski definition) is 0. The third-order valence-electron chi connectivity index (χ3n) is 2.20. The van der Waals surface area contributed by atoms with Crippen LogP contribution in [-0.2, 0) is 6.54 Å². The van der Waals surface area contributed by atoms with Crippen LogP contribution in [0.4, 0.5) is 0 Å². The Morgan fingerprint density at radius 3 is 3.06 bits per heavy atom. The zero-order chi connectivity index (χ0) is 11.5. The second kappa shape index (κ2) is 5.29. The Hall–Kier alpha value is -0.390. The fourth-order valence-corrected chi connectivity index (χ4v) is 2.66. The molecule has 0 aliphatic rings. The van der Waals surface area contributed by atoms with Crippen molar-refractivity contribution in [2.45, 2.75) is 25.3 Å². The zero-order valence-corrected chi connectivity index (χ0v) is 11.9. The molecular weight excluding hydrogens is 310 g/mol. The van der Waals surface area contributed by atoms with Crippen molar-refractivity contribution in [2.75, 3.05) is 0 Å². The highest BCUT2D eigenvalue weighted by Crippen LogP contribution is 2.23. The van der Waals surface area contributed by atoms with Crippen LogP contribution >= 0.6 is 38.9 Å². The standard InChI is InChI=1S/C10H11BrClN3S/c1-2-8(12)9-5-15(14-13-9)4-7-3-10(11)16-6-7/h3,5-6,8H,2,4H2,1H3. The number of thiophene rings is 1. The Bertz CT molecular complexity index is 468. The quantitative estimate of drug-likeness (QED) is 0.801. The molecule has 2 aromatic heterocycles. The topological polar surface area (TPSA) is 30.7 Å². The number of hydrogen-bond acceptors (Lipinski definition) is 3. The molecule has 1 atom stereocenters. The van der Waals surface area contributed by atoms with Crippen LogP contribution in [0.15, 0.2) is 21.4 Å². The summed E-state index contributed by atoms with van der Waals surface area (Å²) in [6.45, 7) is 2.77. The van der Waals surface area contributed by atoms with Crippen molar-refractivity contribution in [2.24, 2.45) is 0 Å². The van der Waals surface area contributed by atoms with Crippen LogP contribution in [-0.4, -0.2) is 15.0 Å². The lowest BCUT2D eigenvalue weighted by molar-refractivity contribution is 0.650. The first-order valence-corrected chi connectivity index (χ1v) is 7.07. The summed E-state index contributed by atoms with van der Waals surface area (Å²) in [5.74, 6) is 0. The molecule has 0 N–H and O–H groups in total. The van der Waals surface area contributed by atoms with E-state index in [0.29, 0.717) is 0 Å². The van der Waals surface area contributed by atoms with Gasteiger partial charge in [0.25, 0.3) is 0 Å². The Morgan fingerprint density at radius 1 is 1.62 bits per heavy atom. The van der Waals surface area contributed by atoms with Crippen LogP contribution in [0.5, 0.6) is 0 Å². The van der Waals surface area contributed by atoms with Crippen LogP contribution in [0.1, 0.15) is 30.0 Å². The van der Waals surface area contributed by atoms with Crippen molar-refractivity contribution < 1.29 is 0 Å². The molecule has 0 fully saturated rings. The van der Waals surface area contributed by atoms with Crippen molar-refractivity contribution in [1.29, 1.82) is 0 Å². The number of halogens is 2. The lowest BCUT2D eigenvalue weighted by atomic mass is 10.2. The molecular formula is C10H11BrClN3S. The average Bonchev–Trinajstić information content (AvgIpc) is 2.87. The summed E-state index contributed by atoms with van der Waals surface area (Å²) >= 11 is 11.2. The van der Waals surface area contributed by atoms with Crippen LogP contribution in [0.2, 0.25) is 0 Å². The summed E-state index contributed by atoms with van der Waals surface area (Å²) in [6, 6.07) is 2.09. The molecule has 0 aliphatic carbocycles. The fraction of sp³-hybridized carbons (Fsp3) is 0.400. The van der Waals surface area contributed by atoms with E-state index in [0.717, 1.165) is 22.4 Å². The van der Waals surface area contributed by atoms with Gasteiger partial charge in [0, 0.05) is 0 Å². The van der Waals surface area contributed by atoms with E-state index in [9.17, 15) is 0 Å². The molecule has 0 saturated carbocycles. The van der Waals surface area contributed by atoms with E-state index in [-0.39, 0.29) is 5.38 Å². The molecule has 2 aromatic rings. The normalized spacial score (nSPS) is 12.9. The molecule has 3 nitrogen and oxygen atoms in total. The molecule has 0 spiro atoms. The van der Waals surface area contributed by atoms with Gasteiger partial charge in [-0.3, -0.25) is 0 Å². The molecule has 86 valence electrons. The van der Waals surface area contributed by atoms with E-state index in [2.05, 4.69) is 37.7 Å². The summed E-state index contributed by atoms with van der Waals surface area (Å²) in [6.07, 6.45) is 2.77. The fourth-order valence-electron chi connectivity index (χ4n) is 1.36. The smallest absolute Gasteiger partial charge is 0.101 e. The SMILES string of the molecule is CCC(Cl)c1cn(Cc2csc(Br)c2)nn1. The van der Waals surface area contributed by atoms with Gasteiger partial charge in [0.15, 0.2) is 0 Å². The first kappa shape index (κ1) is 12.1. The minimum atomic E-state index is -0.0389. The number of rotatable bonds is 4. The monoisotopic (exact) mass is 319 g/mol. The number of nitrogens with zero attached hydrogens (tertiary/aromatic N) is 3. The molecule has 0 bridgehead atoms. The molecule has 0 aromatic carbocycles. The Balaban J connectivity index is 2.08. The van der Waals surface area contributed by atoms with Crippen molar-refractivity contribution >= 4 is 38.9 Å².